The van der Waals surface area contributed by atoms with Gasteiger partial charge in [0.1, 0.15) is 0 Å². The topological polar surface area (TPSA) is 0 Å². The molecule has 2 aromatic rings. The Morgan fingerprint density at radius 2 is 1.77 bits per heavy atom. The first-order valence-electron chi connectivity index (χ1n) is 3.46. The van der Waals surface area contributed by atoms with E-state index in [1.54, 1.807) is 11.3 Å². The Kier molecular flexibility index (Phi) is 4.96. The van der Waals surface area contributed by atoms with Gasteiger partial charge in [-0.25, -0.2) is 0 Å². The van der Waals surface area contributed by atoms with E-state index in [4.69, 9.17) is 0 Å². The molecule has 2 aromatic heterocycles. The molecule has 0 aromatic carbocycles. The highest BCUT2D eigenvalue weighted by molar-refractivity contribution is 7.21. The average molecular weight is 212 g/mol. The minimum absolute atomic E-state index is 0. The molecular formula is C11H16S2. The molecule has 72 valence electrons. The van der Waals surface area contributed by atoms with Gasteiger partial charge in [0.05, 0.1) is 0 Å². The van der Waals surface area contributed by atoms with E-state index >= 15 is 0 Å². The van der Waals surface area contributed by atoms with E-state index in [0.717, 1.165) is 0 Å². The molecule has 0 spiro atoms. The summed E-state index contributed by atoms with van der Waals surface area (Å²) in [6.45, 7) is 2.14. The summed E-state index contributed by atoms with van der Waals surface area (Å²) in [6.07, 6.45) is 0. The van der Waals surface area contributed by atoms with Crippen molar-refractivity contribution in [3.05, 3.63) is 34.5 Å². The van der Waals surface area contributed by atoms with Crippen molar-refractivity contribution in [3.63, 3.8) is 0 Å². The zero-order valence-electron chi connectivity index (χ0n) is 6.20. The molecule has 0 aliphatic carbocycles. The number of rotatable bonds is 1. The van der Waals surface area contributed by atoms with Crippen LogP contribution in [0.3, 0.4) is 0 Å². The summed E-state index contributed by atoms with van der Waals surface area (Å²) in [7, 11) is 0. The number of hydrogen-bond acceptors (Lipinski definition) is 2. The Hall–Kier alpha value is -0.600. The normalized spacial score (nSPS) is 8.69. The minimum atomic E-state index is 0. The van der Waals surface area contributed by atoms with E-state index in [9.17, 15) is 0 Å². The molecule has 0 atom stereocenters. The van der Waals surface area contributed by atoms with E-state index in [1.807, 2.05) is 11.3 Å². The fourth-order valence-electron chi connectivity index (χ4n) is 0.986. The molecule has 0 radical (unpaired) electrons. The Labute approximate surface area is 88.9 Å². The Balaban J connectivity index is 0.000000720. The van der Waals surface area contributed by atoms with Gasteiger partial charge in [0.2, 0.25) is 0 Å². The molecular weight excluding hydrogens is 196 g/mol. The summed E-state index contributed by atoms with van der Waals surface area (Å²) >= 11 is 3.66. The molecule has 2 heteroatoms. The SMILES string of the molecule is C.C.Cc1ccc(-c2cccs2)s1. The predicted octanol–water partition coefficient (Wildman–Crippen LogP) is 5.06. The molecule has 0 aliphatic heterocycles. The zero-order valence-corrected chi connectivity index (χ0v) is 7.84. The van der Waals surface area contributed by atoms with E-state index < -0.39 is 0 Å². The van der Waals surface area contributed by atoms with Crippen molar-refractivity contribution >= 4 is 22.7 Å². The lowest BCUT2D eigenvalue weighted by Crippen LogP contribution is -1.55. The number of hydrogen-bond donors (Lipinski definition) is 0. The molecule has 0 aliphatic rings. The second kappa shape index (κ2) is 5.20. The largest absolute Gasteiger partial charge is 0.143 e. The van der Waals surface area contributed by atoms with Crippen molar-refractivity contribution in [1.29, 1.82) is 0 Å². The van der Waals surface area contributed by atoms with Gasteiger partial charge in [0.15, 0.2) is 0 Å². The monoisotopic (exact) mass is 212 g/mol. The molecule has 0 saturated heterocycles. The summed E-state index contributed by atoms with van der Waals surface area (Å²) in [4.78, 5) is 4.15. The van der Waals surface area contributed by atoms with Crippen molar-refractivity contribution in [2.24, 2.45) is 0 Å². The lowest BCUT2D eigenvalue weighted by Gasteiger charge is -1.86. The van der Waals surface area contributed by atoms with Gasteiger partial charge in [-0.3, -0.25) is 0 Å². The van der Waals surface area contributed by atoms with Crippen LogP contribution in [0.4, 0.5) is 0 Å². The lowest BCUT2D eigenvalue weighted by atomic mass is 10.4. The third-order valence-electron chi connectivity index (χ3n) is 1.50. The van der Waals surface area contributed by atoms with Crippen LogP contribution in [0.5, 0.6) is 0 Å². The summed E-state index contributed by atoms with van der Waals surface area (Å²) in [5, 5.41) is 2.12. The van der Waals surface area contributed by atoms with Gasteiger partial charge in [-0.1, -0.05) is 20.9 Å². The van der Waals surface area contributed by atoms with Gasteiger partial charge in [-0.2, -0.15) is 0 Å². The van der Waals surface area contributed by atoms with Crippen molar-refractivity contribution in [1.82, 2.24) is 0 Å². The van der Waals surface area contributed by atoms with Crippen molar-refractivity contribution < 1.29 is 0 Å². The lowest BCUT2D eigenvalue weighted by molar-refractivity contribution is 1.64. The maximum Gasteiger partial charge on any atom is 0.0445 e. The quantitative estimate of drug-likeness (QED) is 0.620. The Bertz CT molecular complexity index is 331. The highest BCUT2D eigenvalue weighted by Crippen LogP contribution is 2.30. The van der Waals surface area contributed by atoms with Gasteiger partial charge in [0, 0.05) is 14.6 Å². The van der Waals surface area contributed by atoms with Crippen molar-refractivity contribution in [2.45, 2.75) is 21.8 Å². The van der Waals surface area contributed by atoms with E-state index in [0.29, 0.717) is 0 Å². The molecule has 0 fully saturated rings. The molecule has 13 heavy (non-hydrogen) atoms. The van der Waals surface area contributed by atoms with E-state index in [2.05, 4.69) is 36.6 Å². The predicted molar refractivity (Wildman–Crippen MR) is 65.8 cm³/mol. The van der Waals surface area contributed by atoms with Crippen LogP contribution in [-0.4, -0.2) is 0 Å². The molecule has 0 unspecified atom stereocenters. The van der Waals surface area contributed by atoms with E-state index in [-0.39, 0.29) is 14.9 Å². The molecule has 2 rings (SSSR count). The molecule has 0 N–H and O–H groups in total. The van der Waals surface area contributed by atoms with Gasteiger partial charge < -0.3 is 0 Å². The summed E-state index contributed by atoms with van der Waals surface area (Å²) in [5.74, 6) is 0. The average Bonchev–Trinajstić information content (AvgIpc) is 2.55. The molecule has 0 saturated carbocycles. The summed E-state index contributed by atoms with van der Waals surface area (Å²) in [6, 6.07) is 8.61. The van der Waals surface area contributed by atoms with Crippen LogP contribution in [-0.2, 0) is 0 Å². The molecule has 2 heterocycles. The Morgan fingerprint density at radius 1 is 1.00 bits per heavy atom. The van der Waals surface area contributed by atoms with Crippen LogP contribution in [0.15, 0.2) is 29.6 Å². The van der Waals surface area contributed by atoms with Crippen molar-refractivity contribution in [2.75, 3.05) is 0 Å². The molecule has 0 amide bonds. The molecule has 0 bridgehead atoms. The first-order chi connectivity index (χ1) is 5.36. The first kappa shape index (κ1) is 12.4. The van der Waals surface area contributed by atoms with Crippen LogP contribution in [0.25, 0.3) is 9.75 Å². The fourth-order valence-corrected chi connectivity index (χ4v) is 2.69. The van der Waals surface area contributed by atoms with Gasteiger partial charge in [0.25, 0.3) is 0 Å². The van der Waals surface area contributed by atoms with Gasteiger partial charge in [-0.05, 0) is 30.5 Å². The summed E-state index contributed by atoms with van der Waals surface area (Å²) in [5.41, 5.74) is 0. The van der Waals surface area contributed by atoms with E-state index in [1.165, 1.54) is 14.6 Å². The van der Waals surface area contributed by atoms with Crippen LogP contribution in [0.1, 0.15) is 19.7 Å². The second-order valence-corrected chi connectivity index (χ2v) is 4.62. The Morgan fingerprint density at radius 3 is 2.23 bits per heavy atom. The van der Waals surface area contributed by atoms with Gasteiger partial charge >= 0.3 is 0 Å². The standard InChI is InChI=1S/C9H8S2.2CH4/c1-7-4-5-9(11-7)8-3-2-6-10-8;;/h2-6H,1H3;2*1H4. The van der Waals surface area contributed by atoms with Crippen LogP contribution in [0.2, 0.25) is 0 Å². The van der Waals surface area contributed by atoms with Crippen LogP contribution >= 0.6 is 22.7 Å². The summed E-state index contributed by atoms with van der Waals surface area (Å²) < 4.78 is 0. The highest BCUT2D eigenvalue weighted by Gasteiger charge is 1.99. The van der Waals surface area contributed by atoms with Crippen LogP contribution in [0, 0.1) is 6.92 Å². The van der Waals surface area contributed by atoms with Gasteiger partial charge in [-0.15, -0.1) is 22.7 Å². The minimum Gasteiger partial charge on any atom is -0.143 e. The second-order valence-electron chi connectivity index (χ2n) is 2.39. The van der Waals surface area contributed by atoms with Crippen LogP contribution < -0.4 is 0 Å². The fraction of sp³-hybridized carbons (Fsp3) is 0.273. The third kappa shape index (κ3) is 2.68. The maximum atomic E-state index is 2.19. The highest BCUT2D eigenvalue weighted by atomic mass is 32.1. The third-order valence-corrected chi connectivity index (χ3v) is 3.57. The first-order valence-corrected chi connectivity index (χ1v) is 5.16. The molecule has 0 nitrogen and oxygen atoms in total. The number of aryl methyl sites for hydroxylation is 1. The number of thiophene rings is 2. The van der Waals surface area contributed by atoms with Crippen molar-refractivity contribution in [3.8, 4) is 9.75 Å². The maximum absolute atomic E-state index is 2.19. The smallest absolute Gasteiger partial charge is 0.0445 e. The zero-order chi connectivity index (χ0) is 7.68.